The lowest BCUT2D eigenvalue weighted by molar-refractivity contribution is 0.0529. The Morgan fingerprint density at radius 3 is 2.14 bits per heavy atom. The van der Waals surface area contributed by atoms with E-state index in [-0.39, 0.29) is 24.0 Å². The van der Waals surface area contributed by atoms with Gasteiger partial charge in [-0.15, -0.1) is 24.0 Å². The zero-order valence-corrected chi connectivity index (χ0v) is 19.2. The van der Waals surface area contributed by atoms with E-state index in [0.29, 0.717) is 31.3 Å². The molecule has 0 spiro atoms. The Labute approximate surface area is 183 Å². The molecule has 0 atom stereocenters. The van der Waals surface area contributed by atoms with Crippen LogP contribution in [0, 0.1) is 0 Å². The van der Waals surface area contributed by atoms with Crippen molar-refractivity contribution in [2.75, 3.05) is 32.6 Å². The average molecular weight is 507 g/mol. The Balaban J connectivity index is 0.00000729. The van der Waals surface area contributed by atoms with Crippen molar-refractivity contribution in [3.8, 4) is 0 Å². The van der Waals surface area contributed by atoms with Gasteiger partial charge < -0.3 is 25.4 Å². The fourth-order valence-electron chi connectivity index (χ4n) is 1.94. The van der Waals surface area contributed by atoms with Crippen molar-refractivity contribution in [1.82, 2.24) is 16.0 Å². The molecule has 1 aromatic carbocycles. The number of alkyl carbamates (subject to hydrolysis) is 1. The molecule has 0 saturated carbocycles. The first-order valence-electron chi connectivity index (χ1n) is 8.59. The van der Waals surface area contributed by atoms with Crippen LogP contribution in [0.2, 0.25) is 0 Å². The van der Waals surface area contributed by atoms with Gasteiger partial charge in [0.15, 0.2) is 5.96 Å². The number of ether oxygens (including phenoxy) is 2. The van der Waals surface area contributed by atoms with Crippen molar-refractivity contribution in [2.24, 2.45) is 4.99 Å². The summed E-state index contributed by atoms with van der Waals surface area (Å²) in [6.45, 7) is 6.90. The number of aliphatic imine (C=N–C) groups is 1. The van der Waals surface area contributed by atoms with E-state index in [0.717, 1.165) is 5.56 Å². The SMILES string of the molecule is CN=C(NCCNC(=O)OC(C)(C)C)NCc1ccc(NC(=O)OC)cc1.I. The molecule has 4 N–H and O–H groups in total. The van der Waals surface area contributed by atoms with Crippen LogP contribution in [0.1, 0.15) is 26.3 Å². The molecule has 0 radical (unpaired) electrons. The van der Waals surface area contributed by atoms with Crippen molar-refractivity contribution in [1.29, 1.82) is 0 Å². The number of halogens is 1. The zero-order valence-electron chi connectivity index (χ0n) is 16.9. The average Bonchev–Trinajstić information content (AvgIpc) is 2.60. The molecular weight excluding hydrogens is 477 g/mol. The first kappa shape index (κ1) is 25.8. The Kier molecular flexibility index (Phi) is 12.0. The van der Waals surface area contributed by atoms with Crippen LogP contribution in [0.15, 0.2) is 29.3 Å². The molecule has 0 fully saturated rings. The molecule has 0 saturated heterocycles. The van der Waals surface area contributed by atoms with Gasteiger partial charge in [0.2, 0.25) is 0 Å². The standard InChI is InChI=1S/C18H29N5O4.HI/c1-18(2,3)27-16(24)21-11-10-20-15(19-4)22-12-13-6-8-14(9-7-13)23-17(25)26-5;/h6-9H,10-12H2,1-5H3,(H,21,24)(H,23,25)(H2,19,20,22);1H. The van der Waals surface area contributed by atoms with Crippen LogP contribution in [0.5, 0.6) is 0 Å². The number of anilines is 1. The molecule has 0 aliphatic rings. The highest BCUT2D eigenvalue weighted by molar-refractivity contribution is 14.0. The maximum atomic E-state index is 11.6. The van der Waals surface area contributed by atoms with Gasteiger partial charge in [0.05, 0.1) is 7.11 Å². The number of benzene rings is 1. The number of carbonyl (C=O) groups excluding carboxylic acids is 2. The third-order valence-corrected chi connectivity index (χ3v) is 3.15. The largest absolute Gasteiger partial charge is 0.453 e. The minimum Gasteiger partial charge on any atom is -0.453 e. The molecule has 0 heterocycles. The van der Waals surface area contributed by atoms with E-state index in [9.17, 15) is 9.59 Å². The van der Waals surface area contributed by atoms with E-state index in [1.165, 1.54) is 7.11 Å². The van der Waals surface area contributed by atoms with Gasteiger partial charge in [-0.2, -0.15) is 0 Å². The molecule has 0 aromatic heterocycles. The second-order valence-electron chi connectivity index (χ2n) is 6.59. The van der Waals surface area contributed by atoms with Gasteiger partial charge >= 0.3 is 12.2 Å². The van der Waals surface area contributed by atoms with Gasteiger partial charge in [0.1, 0.15) is 5.60 Å². The Hall–Kier alpha value is -2.24. The van der Waals surface area contributed by atoms with Crippen LogP contribution in [0.25, 0.3) is 0 Å². The third-order valence-electron chi connectivity index (χ3n) is 3.15. The number of nitrogens with one attached hydrogen (secondary N) is 4. The van der Waals surface area contributed by atoms with Gasteiger partial charge in [-0.25, -0.2) is 9.59 Å². The maximum absolute atomic E-state index is 11.6. The van der Waals surface area contributed by atoms with Crippen LogP contribution in [0.4, 0.5) is 15.3 Å². The van der Waals surface area contributed by atoms with Gasteiger partial charge in [0.25, 0.3) is 0 Å². The first-order chi connectivity index (χ1) is 12.7. The molecule has 1 aromatic rings. The van der Waals surface area contributed by atoms with Gasteiger partial charge in [-0.3, -0.25) is 10.3 Å². The highest BCUT2D eigenvalue weighted by Gasteiger charge is 2.15. The zero-order chi connectivity index (χ0) is 20.3. The van der Waals surface area contributed by atoms with Crippen LogP contribution in [0.3, 0.4) is 0 Å². The van der Waals surface area contributed by atoms with Gasteiger partial charge in [-0.1, -0.05) is 12.1 Å². The number of hydrogen-bond donors (Lipinski definition) is 4. The molecule has 158 valence electrons. The van der Waals surface area contributed by atoms with Gasteiger partial charge in [-0.05, 0) is 38.5 Å². The van der Waals surface area contributed by atoms with Crippen LogP contribution in [-0.4, -0.2) is 51.0 Å². The molecule has 10 heteroatoms. The molecule has 0 bridgehead atoms. The first-order valence-corrected chi connectivity index (χ1v) is 8.59. The highest BCUT2D eigenvalue weighted by atomic mass is 127. The van der Waals surface area contributed by atoms with E-state index in [4.69, 9.17) is 4.74 Å². The molecule has 0 aliphatic heterocycles. The summed E-state index contributed by atoms with van der Waals surface area (Å²) in [6.07, 6.45) is -0.960. The van der Waals surface area contributed by atoms with Crippen molar-refractivity contribution in [2.45, 2.75) is 32.9 Å². The minimum absolute atomic E-state index is 0. The van der Waals surface area contributed by atoms with E-state index in [1.807, 2.05) is 32.9 Å². The van der Waals surface area contributed by atoms with E-state index >= 15 is 0 Å². The smallest absolute Gasteiger partial charge is 0.411 e. The number of amides is 2. The second kappa shape index (κ2) is 13.0. The van der Waals surface area contributed by atoms with Crippen LogP contribution in [-0.2, 0) is 16.0 Å². The van der Waals surface area contributed by atoms with Gasteiger partial charge in [0, 0.05) is 32.4 Å². The molecule has 0 aliphatic carbocycles. The quantitative estimate of drug-likeness (QED) is 0.204. The number of rotatable bonds is 6. The van der Waals surface area contributed by atoms with E-state index < -0.39 is 17.8 Å². The highest BCUT2D eigenvalue weighted by Crippen LogP contribution is 2.09. The number of hydrogen-bond acceptors (Lipinski definition) is 5. The predicted molar refractivity (Wildman–Crippen MR) is 120 cm³/mol. The topological polar surface area (TPSA) is 113 Å². The number of methoxy groups -OCH3 is 1. The summed E-state index contributed by atoms with van der Waals surface area (Å²) in [5.41, 5.74) is 1.15. The van der Waals surface area contributed by atoms with Crippen molar-refractivity contribution in [3.63, 3.8) is 0 Å². The molecular formula is C18H30IN5O4. The fourth-order valence-corrected chi connectivity index (χ4v) is 1.94. The summed E-state index contributed by atoms with van der Waals surface area (Å²) >= 11 is 0. The number of guanidine groups is 1. The lowest BCUT2D eigenvalue weighted by Crippen LogP contribution is -2.42. The predicted octanol–water partition coefficient (Wildman–Crippen LogP) is 2.67. The van der Waals surface area contributed by atoms with Crippen molar-refractivity contribution in [3.05, 3.63) is 29.8 Å². The van der Waals surface area contributed by atoms with E-state index in [1.54, 1.807) is 19.2 Å². The Morgan fingerprint density at radius 2 is 1.61 bits per heavy atom. The molecule has 2 amide bonds. The molecule has 1 rings (SSSR count). The maximum Gasteiger partial charge on any atom is 0.411 e. The van der Waals surface area contributed by atoms with E-state index in [2.05, 4.69) is 31.0 Å². The summed E-state index contributed by atoms with van der Waals surface area (Å²) in [4.78, 5) is 26.8. The molecule has 9 nitrogen and oxygen atoms in total. The summed E-state index contributed by atoms with van der Waals surface area (Å²) in [7, 11) is 2.98. The Bertz CT molecular complexity index is 644. The lowest BCUT2D eigenvalue weighted by Gasteiger charge is -2.20. The number of carbonyl (C=O) groups is 2. The molecule has 0 unspecified atom stereocenters. The lowest BCUT2D eigenvalue weighted by atomic mass is 10.2. The summed E-state index contributed by atoms with van der Waals surface area (Å²) < 4.78 is 9.70. The minimum atomic E-state index is -0.517. The number of nitrogens with zero attached hydrogens (tertiary/aromatic N) is 1. The Morgan fingerprint density at radius 1 is 1.00 bits per heavy atom. The monoisotopic (exact) mass is 507 g/mol. The van der Waals surface area contributed by atoms with Crippen LogP contribution >= 0.6 is 24.0 Å². The molecule has 28 heavy (non-hydrogen) atoms. The second-order valence-corrected chi connectivity index (χ2v) is 6.59. The summed E-state index contributed by atoms with van der Waals surface area (Å²) in [5, 5.41) is 11.5. The normalized spacial score (nSPS) is 11.0. The van der Waals surface area contributed by atoms with Crippen molar-refractivity contribution < 1.29 is 19.1 Å². The fraction of sp³-hybridized carbons (Fsp3) is 0.500. The van der Waals surface area contributed by atoms with Crippen molar-refractivity contribution >= 4 is 47.8 Å². The summed E-state index contributed by atoms with van der Waals surface area (Å²) in [5.74, 6) is 0.609. The summed E-state index contributed by atoms with van der Waals surface area (Å²) in [6, 6.07) is 7.34. The van der Waals surface area contributed by atoms with Crippen LogP contribution < -0.4 is 21.3 Å². The third kappa shape index (κ3) is 11.5.